The zero-order valence-corrected chi connectivity index (χ0v) is 9.27. The topological polar surface area (TPSA) is 60.9 Å². The second-order valence-electron chi connectivity index (χ2n) is 3.93. The summed E-state index contributed by atoms with van der Waals surface area (Å²) < 4.78 is 0. The lowest BCUT2D eigenvalue weighted by Crippen LogP contribution is -2.54. The smallest absolute Gasteiger partial charge is 0.320 e. The highest BCUT2D eigenvalue weighted by Crippen LogP contribution is 2.11. The van der Waals surface area contributed by atoms with Gasteiger partial charge in [0.05, 0.1) is 6.54 Å². The van der Waals surface area contributed by atoms with Crippen LogP contribution in [0.3, 0.4) is 0 Å². The Morgan fingerprint density at radius 3 is 2.67 bits per heavy atom. The highest BCUT2D eigenvalue weighted by molar-refractivity contribution is 5.80. The van der Waals surface area contributed by atoms with E-state index in [2.05, 4.69) is 0 Å². The van der Waals surface area contributed by atoms with Gasteiger partial charge in [0.1, 0.15) is 6.04 Å². The monoisotopic (exact) mass is 214 g/mol. The zero-order chi connectivity index (χ0) is 11.4. The van der Waals surface area contributed by atoms with Gasteiger partial charge < -0.3 is 10.0 Å². The van der Waals surface area contributed by atoms with Crippen LogP contribution in [0.4, 0.5) is 0 Å². The molecule has 0 bridgehead atoms. The number of piperazine rings is 1. The fraction of sp³-hybridized carbons (Fsp3) is 0.800. The van der Waals surface area contributed by atoms with E-state index in [1.807, 2.05) is 6.92 Å². The molecule has 1 heterocycles. The van der Waals surface area contributed by atoms with Crippen LogP contribution in [-0.2, 0) is 9.59 Å². The van der Waals surface area contributed by atoms with Gasteiger partial charge in [0.25, 0.3) is 0 Å². The molecule has 1 unspecified atom stereocenters. The molecule has 1 rings (SSSR count). The number of carboxylic acid groups (broad SMARTS) is 1. The van der Waals surface area contributed by atoms with Gasteiger partial charge in [-0.1, -0.05) is 13.3 Å². The average molecular weight is 214 g/mol. The molecule has 5 heteroatoms. The standard InChI is InChI=1S/C10H18N2O3/c1-3-4-8(10(14)15)12-6-5-11(2)9(13)7-12/h8H,3-7H2,1-2H3,(H,14,15). The van der Waals surface area contributed by atoms with Crippen molar-refractivity contribution in [3.63, 3.8) is 0 Å². The van der Waals surface area contributed by atoms with Gasteiger partial charge in [-0.05, 0) is 6.42 Å². The SMILES string of the molecule is CCCC(C(=O)O)N1CCN(C)C(=O)C1. The molecule has 0 saturated carbocycles. The van der Waals surface area contributed by atoms with Gasteiger partial charge in [-0.15, -0.1) is 0 Å². The van der Waals surface area contributed by atoms with Crippen LogP contribution in [0.15, 0.2) is 0 Å². The van der Waals surface area contributed by atoms with Crippen LogP contribution in [0.1, 0.15) is 19.8 Å². The van der Waals surface area contributed by atoms with E-state index in [1.165, 1.54) is 0 Å². The molecule has 0 spiro atoms. The number of hydrogen-bond acceptors (Lipinski definition) is 3. The molecule has 1 atom stereocenters. The molecule has 1 aliphatic heterocycles. The minimum atomic E-state index is -0.825. The number of aliphatic carboxylic acids is 1. The molecular formula is C10H18N2O3. The Hall–Kier alpha value is -1.10. The third-order valence-corrected chi connectivity index (χ3v) is 2.77. The van der Waals surface area contributed by atoms with Gasteiger partial charge in [-0.25, -0.2) is 0 Å². The maximum Gasteiger partial charge on any atom is 0.320 e. The van der Waals surface area contributed by atoms with E-state index in [0.29, 0.717) is 19.5 Å². The van der Waals surface area contributed by atoms with E-state index in [1.54, 1.807) is 16.8 Å². The Kier molecular flexibility index (Phi) is 4.08. The number of carbonyl (C=O) groups is 2. The molecule has 0 radical (unpaired) electrons. The van der Waals surface area contributed by atoms with Gasteiger partial charge in [0.2, 0.25) is 5.91 Å². The van der Waals surface area contributed by atoms with Crippen LogP contribution in [0.25, 0.3) is 0 Å². The fourth-order valence-electron chi connectivity index (χ4n) is 1.78. The predicted octanol–water partition coefficient (Wildman–Crippen LogP) is 0.0137. The number of hydrogen-bond donors (Lipinski definition) is 1. The predicted molar refractivity (Wildman–Crippen MR) is 55.5 cm³/mol. The van der Waals surface area contributed by atoms with Crippen molar-refractivity contribution in [2.75, 3.05) is 26.7 Å². The van der Waals surface area contributed by atoms with E-state index in [0.717, 1.165) is 6.42 Å². The summed E-state index contributed by atoms with van der Waals surface area (Å²) in [5.74, 6) is -0.821. The van der Waals surface area contributed by atoms with Crippen LogP contribution in [0.5, 0.6) is 0 Å². The van der Waals surface area contributed by atoms with Crippen molar-refractivity contribution in [2.45, 2.75) is 25.8 Å². The Balaban J connectivity index is 2.61. The molecule has 1 fully saturated rings. The molecule has 1 amide bonds. The molecule has 0 aromatic rings. The lowest BCUT2D eigenvalue weighted by Gasteiger charge is -2.35. The molecule has 1 N–H and O–H groups in total. The van der Waals surface area contributed by atoms with Crippen molar-refractivity contribution in [1.29, 1.82) is 0 Å². The van der Waals surface area contributed by atoms with Gasteiger partial charge in [0, 0.05) is 20.1 Å². The fourth-order valence-corrected chi connectivity index (χ4v) is 1.78. The normalized spacial score (nSPS) is 20.4. The lowest BCUT2D eigenvalue weighted by molar-refractivity contribution is -0.147. The Labute approximate surface area is 89.7 Å². The summed E-state index contributed by atoms with van der Waals surface area (Å²) in [6.45, 7) is 3.45. The van der Waals surface area contributed by atoms with Crippen LogP contribution in [-0.4, -0.2) is 59.5 Å². The Bertz CT molecular complexity index is 255. The van der Waals surface area contributed by atoms with Gasteiger partial charge in [-0.2, -0.15) is 0 Å². The molecular weight excluding hydrogens is 196 g/mol. The Morgan fingerprint density at radius 1 is 1.53 bits per heavy atom. The van der Waals surface area contributed by atoms with Crippen molar-refractivity contribution in [3.8, 4) is 0 Å². The molecule has 0 aromatic carbocycles. The summed E-state index contributed by atoms with van der Waals surface area (Å²) in [7, 11) is 1.75. The van der Waals surface area contributed by atoms with E-state index in [9.17, 15) is 9.59 Å². The maximum atomic E-state index is 11.4. The number of likely N-dealkylation sites (N-methyl/N-ethyl adjacent to an activating group) is 1. The van der Waals surface area contributed by atoms with E-state index in [4.69, 9.17) is 5.11 Å². The summed E-state index contributed by atoms with van der Waals surface area (Å²) in [6, 6.07) is -0.507. The number of amides is 1. The van der Waals surface area contributed by atoms with Crippen LogP contribution >= 0.6 is 0 Å². The van der Waals surface area contributed by atoms with Crippen LogP contribution in [0.2, 0.25) is 0 Å². The first-order valence-corrected chi connectivity index (χ1v) is 5.27. The lowest BCUT2D eigenvalue weighted by atomic mass is 10.1. The Morgan fingerprint density at radius 2 is 2.20 bits per heavy atom. The number of rotatable bonds is 4. The number of nitrogens with zero attached hydrogens (tertiary/aromatic N) is 2. The molecule has 5 nitrogen and oxygen atoms in total. The largest absolute Gasteiger partial charge is 0.480 e. The molecule has 1 saturated heterocycles. The summed E-state index contributed by atoms with van der Waals surface area (Å²) in [4.78, 5) is 25.8. The van der Waals surface area contributed by atoms with Crippen molar-refractivity contribution in [3.05, 3.63) is 0 Å². The third-order valence-electron chi connectivity index (χ3n) is 2.77. The summed E-state index contributed by atoms with van der Waals surface area (Å²) in [6.07, 6.45) is 1.42. The summed E-state index contributed by atoms with van der Waals surface area (Å²) in [5.41, 5.74) is 0. The van der Waals surface area contributed by atoms with Crippen molar-refractivity contribution in [1.82, 2.24) is 9.80 Å². The summed E-state index contributed by atoms with van der Waals surface area (Å²) >= 11 is 0. The minimum absolute atomic E-state index is 0.00334. The van der Waals surface area contributed by atoms with Gasteiger partial charge >= 0.3 is 5.97 Å². The highest BCUT2D eigenvalue weighted by Gasteiger charge is 2.30. The van der Waals surface area contributed by atoms with Crippen molar-refractivity contribution in [2.24, 2.45) is 0 Å². The molecule has 0 aliphatic carbocycles. The third kappa shape index (κ3) is 2.92. The first-order chi connectivity index (χ1) is 7.06. The molecule has 1 aliphatic rings. The van der Waals surface area contributed by atoms with Crippen LogP contribution in [0, 0.1) is 0 Å². The van der Waals surface area contributed by atoms with Crippen molar-refractivity contribution >= 4 is 11.9 Å². The number of carbonyl (C=O) groups excluding carboxylic acids is 1. The van der Waals surface area contributed by atoms with E-state index < -0.39 is 12.0 Å². The molecule has 0 aromatic heterocycles. The highest BCUT2D eigenvalue weighted by atomic mass is 16.4. The van der Waals surface area contributed by atoms with Crippen LogP contribution < -0.4 is 0 Å². The second-order valence-corrected chi connectivity index (χ2v) is 3.93. The number of carboxylic acids is 1. The quantitative estimate of drug-likeness (QED) is 0.716. The van der Waals surface area contributed by atoms with Gasteiger partial charge in [-0.3, -0.25) is 14.5 Å². The van der Waals surface area contributed by atoms with Gasteiger partial charge in [0.15, 0.2) is 0 Å². The van der Waals surface area contributed by atoms with E-state index in [-0.39, 0.29) is 12.5 Å². The van der Waals surface area contributed by atoms with Crippen molar-refractivity contribution < 1.29 is 14.7 Å². The molecule has 86 valence electrons. The summed E-state index contributed by atoms with van der Waals surface area (Å²) in [5, 5.41) is 9.04. The zero-order valence-electron chi connectivity index (χ0n) is 9.27. The first kappa shape index (κ1) is 12.0. The first-order valence-electron chi connectivity index (χ1n) is 5.27. The molecule has 15 heavy (non-hydrogen) atoms. The van der Waals surface area contributed by atoms with E-state index >= 15 is 0 Å². The average Bonchev–Trinajstić information content (AvgIpc) is 2.18. The maximum absolute atomic E-state index is 11.4. The minimum Gasteiger partial charge on any atom is -0.480 e. The second kappa shape index (κ2) is 5.11.